The number of nitrogens with two attached hydrogens (primary N) is 1. The van der Waals surface area contributed by atoms with Crippen LogP contribution in [0.4, 0.5) is 0 Å². The highest BCUT2D eigenvalue weighted by Crippen LogP contribution is 2.10. The zero-order chi connectivity index (χ0) is 9.52. The van der Waals surface area contributed by atoms with Crippen LogP contribution in [0.25, 0.3) is 0 Å². The molecule has 1 heterocycles. The summed E-state index contributed by atoms with van der Waals surface area (Å²) in [7, 11) is 0. The van der Waals surface area contributed by atoms with E-state index in [1.165, 1.54) is 19.4 Å². The van der Waals surface area contributed by atoms with Gasteiger partial charge in [0, 0.05) is 6.54 Å². The maximum Gasteiger partial charge on any atom is 0.0667 e. The Morgan fingerprint density at radius 2 is 2.15 bits per heavy atom. The van der Waals surface area contributed by atoms with E-state index >= 15 is 0 Å². The Labute approximate surface area is 80.9 Å². The second-order valence-electron chi connectivity index (χ2n) is 3.95. The van der Waals surface area contributed by atoms with Crippen molar-refractivity contribution in [1.29, 1.82) is 0 Å². The first-order valence-corrected chi connectivity index (χ1v) is 5.43. The summed E-state index contributed by atoms with van der Waals surface area (Å²) in [5, 5.41) is 9.42. The fraction of sp³-hybridized carbons (Fsp3) is 1.00. The van der Waals surface area contributed by atoms with E-state index in [4.69, 9.17) is 5.73 Å². The van der Waals surface area contributed by atoms with Gasteiger partial charge in [-0.15, -0.1) is 0 Å². The van der Waals surface area contributed by atoms with Gasteiger partial charge in [0.05, 0.1) is 6.10 Å². The van der Waals surface area contributed by atoms with Crippen LogP contribution in [-0.4, -0.2) is 42.3 Å². The van der Waals surface area contributed by atoms with Gasteiger partial charge in [0.25, 0.3) is 0 Å². The lowest BCUT2D eigenvalue weighted by atomic mass is 10.1. The molecule has 1 fully saturated rings. The Kier molecular flexibility index (Phi) is 5.35. The van der Waals surface area contributed by atoms with Crippen LogP contribution in [0.3, 0.4) is 0 Å². The fourth-order valence-corrected chi connectivity index (χ4v) is 1.89. The van der Waals surface area contributed by atoms with E-state index in [9.17, 15) is 5.11 Å². The third-order valence-electron chi connectivity index (χ3n) is 2.66. The number of rotatable bonds is 5. The van der Waals surface area contributed by atoms with Crippen molar-refractivity contribution in [2.45, 2.75) is 38.2 Å². The Balaban J connectivity index is 2.00. The minimum Gasteiger partial charge on any atom is -0.392 e. The van der Waals surface area contributed by atoms with Gasteiger partial charge in [-0.05, 0) is 45.3 Å². The SMILES string of the molecule is NCCCCCN1CCCC(O)C1. The summed E-state index contributed by atoms with van der Waals surface area (Å²) in [5.41, 5.74) is 5.42. The molecule has 1 saturated heterocycles. The number of aliphatic hydroxyl groups excluding tert-OH is 1. The van der Waals surface area contributed by atoms with Crippen molar-refractivity contribution in [3.63, 3.8) is 0 Å². The van der Waals surface area contributed by atoms with Crippen LogP contribution in [0.15, 0.2) is 0 Å². The molecule has 1 aliphatic heterocycles. The number of likely N-dealkylation sites (tertiary alicyclic amines) is 1. The first-order chi connectivity index (χ1) is 6.33. The molecule has 0 amide bonds. The molecule has 3 N–H and O–H groups in total. The van der Waals surface area contributed by atoms with E-state index in [1.807, 2.05) is 0 Å². The molecule has 78 valence electrons. The van der Waals surface area contributed by atoms with Crippen LogP contribution in [0.5, 0.6) is 0 Å². The van der Waals surface area contributed by atoms with E-state index in [2.05, 4.69) is 4.90 Å². The number of piperidine rings is 1. The molecule has 0 aromatic carbocycles. The summed E-state index contributed by atoms with van der Waals surface area (Å²) in [6.07, 6.45) is 5.64. The summed E-state index contributed by atoms with van der Waals surface area (Å²) in [6, 6.07) is 0. The Bertz CT molecular complexity index is 130. The standard InChI is InChI=1S/C10H22N2O/c11-6-2-1-3-7-12-8-4-5-10(13)9-12/h10,13H,1-9,11H2. The monoisotopic (exact) mass is 186 g/mol. The van der Waals surface area contributed by atoms with Crippen LogP contribution in [0.2, 0.25) is 0 Å². The number of unbranched alkanes of at least 4 members (excludes halogenated alkanes) is 2. The van der Waals surface area contributed by atoms with Crippen LogP contribution >= 0.6 is 0 Å². The Morgan fingerprint density at radius 3 is 2.85 bits per heavy atom. The molecule has 0 aromatic rings. The quantitative estimate of drug-likeness (QED) is 0.617. The average molecular weight is 186 g/mol. The number of nitrogens with zero attached hydrogens (tertiary/aromatic N) is 1. The number of aliphatic hydroxyl groups is 1. The zero-order valence-corrected chi connectivity index (χ0v) is 8.41. The van der Waals surface area contributed by atoms with Gasteiger partial charge in [0.1, 0.15) is 0 Å². The van der Waals surface area contributed by atoms with E-state index in [1.54, 1.807) is 0 Å². The van der Waals surface area contributed by atoms with Gasteiger partial charge in [-0.25, -0.2) is 0 Å². The normalized spacial score (nSPS) is 24.9. The third-order valence-corrected chi connectivity index (χ3v) is 2.66. The highest BCUT2D eigenvalue weighted by molar-refractivity contribution is 4.71. The predicted molar refractivity (Wildman–Crippen MR) is 54.6 cm³/mol. The predicted octanol–water partition coefficient (Wildman–Crippen LogP) is 0.572. The van der Waals surface area contributed by atoms with Crippen molar-refractivity contribution in [1.82, 2.24) is 4.90 Å². The van der Waals surface area contributed by atoms with Crippen molar-refractivity contribution in [2.75, 3.05) is 26.2 Å². The van der Waals surface area contributed by atoms with Crippen molar-refractivity contribution in [3.05, 3.63) is 0 Å². The molecule has 1 aliphatic rings. The third kappa shape index (κ3) is 4.60. The van der Waals surface area contributed by atoms with Gasteiger partial charge in [-0.3, -0.25) is 0 Å². The lowest BCUT2D eigenvalue weighted by Gasteiger charge is -2.29. The van der Waals surface area contributed by atoms with E-state index in [0.717, 1.165) is 38.9 Å². The minimum atomic E-state index is -0.0803. The maximum atomic E-state index is 9.42. The Hall–Kier alpha value is -0.120. The number of β-amino-alcohol motifs (C(OH)–C–C–N with tert-alkyl or cyclic N) is 1. The molecule has 0 bridgehead atoms. The van der Waals surface area contributed by atoms with Crippen molar-refractivity contribution in [3.8, 4) is 0 Å². The highest BCUT2D eigenvalue weighted by Gasteiger charge is 2.16. The first-order valence-electron chi connectivity index (χ1n) is 5.43. The molecule has 3 heteroatoms. The number of hydrogen-bond donors (Lipinski definition) is 2. The van der Waals surface area contributed by atoms with Crippen molar-refractivity contribution >= 4 is 0 Å². The molecule has 0 aliphatic carbocycles. The van der Waals surface area contributed by atoms with E-state index in [0.29, 0.717) is 0 Å². The molecule has 3 nitrogen and oxygen atoms in total. The summed E-state index contributed by atoms with van der Waals surface area (Å²) >= 11 is 0. The van der Waals surface area contributed by atoms with Gasteiger partial charge < -0.3 is 15.7 Å². The van der Waals surface area contributed by atoms with E-state index in [-0.39, 0.29) is 6.10 Å². The average Bonchev–Trinajstić information content (AvgIpc) is 2.13. The maximum absolute atomic E-state index is 9.42. The minimum absolute atomic E-state index is 0.0803. The molecule has 1 unspecified atom stereocenters. The summed E-state index contributed by atoms with van der Waals surface area (Å²) in [4.78, 5) is 2.37. The molecular weight excluding hydrogens is 164 g/mol. The van der Waals surface area contributed by atoms with Gasteiger partial charge >= 0.3 is 0 Å². The molecule has 0 radical (unpaired) electrons. The summed E-state index contributed by atoms with van der Waals surface area (Å²) in [6.45, 7) is 3.99. The van der Waals surface area contributed by atoms with Gasteiger partial charge in [-0.2, -0.15) is 0 Å². The van der Waals surface area contributed by atoms with Gasteiger partial charge in [0.2, 0.25) is 0 Å². The van der Waals surface area contributed by atoms with Gasteiger partial charge in [0.15, 0.2) is 0 Å². The molecule has 13 heavy (non-hydrogen) atoms. The van der Waals surface area contributed by atoms with Gasteiger partial charge in [-0.1, -0.05) is 6.42 Å². The van der Waals surface area contributed by atoms with Crippen LogP contribution in [-0.2, 0) is 0 Å². The molecular formula is C10H22N2O. The molecule has 0 saturated carbocycles. The molecule has 0 aromatic heterocycles. The fourth-order valence-electron chi connectivity index (χ4n) is 1.89. The zero-order valence-electron chi connectivity index (χ0n) is 8.41. The van der Waals surface area contributed by atoms with E-state index < -0.39 is 0 Å². The lowest BCUT2D eigenvalue weighted by Crippen LogP contribution is -2.38. The van der Waals surface area contributed by atoms with Crippen molar-refractivity contribution in [2.24, 2.45) is 5.73 Å². The Morgan fingerprint density at radius 1 is 1.31 bits per heavy atom. The highest BCUT2D eigenvalue weighted by atomic mass is 16.3. The van der Waals surface area contributed by atoms with Crippen LogP contribution in [0.1, 0.15) is 32.1 Å². The molecule has 1 rings (SSSR count). The topological polar surface area (TPSA) is 49.5 Å². The second kappa shape index (κ2) is 6.35. The molecule has 0 spiro atoms. The summed E-state index contributed by atoms with van der Waals surface area (Å²) in [5.74, 6) is 0. The first kappa shape index (κ1) is 11.0. The van der Waals surface area contributed by atoms with Crippen LogP contribution < -0.4 is 5.73 Å². The van der Waals surface area contributed by atoms with Crippen LogP contribution in [0, 0.1) is 0 Å². The largest absolute Gasteiger partial charge is 0.392 e. The smallest absolute Gasteiger partial charge is 0.0667 e. The molecule has 1 atom stereocenters. The lowest BCUT2D eigenvalue weighted by molar-refractivity contribution is 0.0698. The second-order valence-corrected chi connectivity index (χ2v) is 3.95. The van der Waals surface area contributed by atoms with Crippen molar-refractivity contribution < 1.29 is 5.11 Å². The summed E-state index contributed by atoms with van der Waals surface area (Å²) < 4.78 is 0. The number of hydrogen-bond acceptors (Lipinski definition) is 3.